The molecule has 0 aliphatic heterocycles. The van der Waals surface area contributed by atoms with Gasteiger partial charge in [0.15, 0.2) is 0 Å². The Kier molecular flexibility index (Phi) is 2.36. The van der Waals surface area contributed by atoms with Crippen molar-refractivity contribution < 1.29 is 0 Å². The highest BCUT2D eigenvalue weighted by atomic mass is 32.1. The zero-order valence-electron chi connectivity index (χ0n) is 9.05. The first kappa shape index (κ1) is 9.77. The number of nitrogens with one attached hydrogen (secondary N) is 1. The van der Waals surface area contributed by atoms with Crippen LogP contribution in [0.3, 0.4) is 0 Å². The summed E-state index contributed by atoms with van der Waals surface area (Å²) in [6.07, 6.45) is 4.43. The van der Waals surface area contributed by atoms with Crippen LogP contribution in [-0.4, -0.2) is 19.1 Å². The molecule has 5 nitrogen and oxygen atoms in total. The Morgan fingerprint density at radius 1 is 1.56 bits per heavy atom. The lowest BCUT2D eigenvalue weighted by Gasteiger charge is -1.97. The van der Waals surface area contributed by atoms with Crippen molar-refractivity contribution in [2.75, 3.05) is 5.32 Å². The van der Waals surface area contributed by atoms with E-state index in [4.69, 9.17) is 0 Å². The van der Waals surface area contributed by atoms with Gasteiger partial charge in [-0.05, 0) is 18.9 Å². The lowest BCUT2D eigenvalue weighted by molar-refractivity contribution is 0.747. The fourth-order valence-corrected chi connectivity index (χ4v) is 2.18. The summed E-state index contributed by atoms with van der Waals surface area (Å²) in [7, 11) is 1.92. The van der Waals surface area contributed by atoms with E-state index in [1.807, 2.05) is 19.3 Å². The van der Waals surface area contributed by atoms with E-state index in [0.717, 1.165) is 16.6 Å². The van der Waals surface area contributed by atoms with Gasteiger partial charge in [-0.15, -0.1) is 0 Å². The van der Waals surface area contributed by atoms with Crippen molar-refractivity contribution >= 4 is 16.7 Å². The molecule has 0 spiro atoms. The average Bonchev–Trinajstić information content (AvgIpc) is 2.87. The van der Waals surface area contributed by atoms with Crippen LogP contribution >= 0.6 is 11.5 Å². The van der Waals surface area contributed by atoms with Crippen molar-refractivity contribution in [3.05, 3.63) is 23.8 Å². The second-order valence-corrected chi connectivity index (χ2v) is 4.82. The van der Waals surface area contributed by atoms with Gasteiger partial charge in [-0.3, -0.25) is 4.68 Å². The van der Waals surface area contributed by atoms with Crippen LogP contribution in [0.5, 0.6) is 0 Å². The van der Waals surface area contributed by atoms with Crippen LogP contribution in [0, 0.1) is 0 Å². The Balaban J connectivity index is 1.61. The maximum atomic E-state index is 4.46. The first-order chi connectivity index (χ1) is 7.81. The van der Waals surface area contributed by atoms with Crippen molar-refractivity contribution in [1.82, 2.24) is 19.1 Å². The minimum absolute atomic E-state index is 0.627. The summed E-state index contributed by atoms with van der Waals surface area (Å²) in [4.78, 5) is 4.46. The first-order valence-corrected chi connectivity index (χ1v) is 6.14. The van der Waals surface area contributed by atoms with Gasteiger partial charge in [0.05, 0.1) is 12.2 Å². The molecule has 0 unspecified atom stereocenters. The van der Waals surface area contributed by atoms with Gasteiger partial charge in [0.1, 0.15) is 5.82 Å². The SMILES string of the molecule is Cn1ccc(CNc2nc(C3CC3)ns2)n1. The number of aromatic nitrogens is 4. The quantitative estimate of drug-likeness (QED) is 0.877. The number of rotatable bonds is 4. The minimum Gasteiger partial charge on any atom is -0.355 e. The third kappa shape index (κ3) is 2.06. The molecule has 1 N–H and O–H groups in total. The fraction of sp³-hybridized carbons (Fsp3) is 0.500. The van der Waals surface area contributed by atoms with Gasteiger partial charge >= 0.3 is 0 Å². The molecule has 0 saturated heterocycles. The molecule has 0 aromatic carbocycles. The summed E-state index contributed by atoms with van der Waals surface area (Å²) in [5.74, 6) is 1.63. The molecular formula is C10H13N5S. The predicted molar refractivity (Wildman–Crippen MR) is 62.4 cm³/mol. The van der Waals surface area contributed by atoms with Crippen molar-refractivity contribution in [2.24, 2.45) is 7.05 Å². The molecule has 0 bridgehead atoms. The van der Waals surface area contributed by atoms with E-state index in [1.165, 1.54) is 24.4 Å². The molecule has 1 saturated carbocycles. The van der Waals surface area contributed by atoms with Crippen LogP contribution in [0.2, 0.25) is 0 Å². The zero-order valence-corrected chi connectivity index (χ0v) is 9.87. The molecule has 0 radical (unpaired) electrons. The molecule has 3 rings (SSSR count). The molecule has 0 amide bonds. The predicted octanol–water partition coefficient (Wildman–Crippen LogP) is 1.76. The number of anilines is 1. The van der Waals surface area contributed by atoms with E-state index < -0.39 is 0 Å². The fourth-order valence-electron chi connectivity index (χ4n) is 1.54. The van der Waals surface area contributed by atoms with Crippen molar-refractivity contribution in [3.8, 4) is 0 Å². The maximum absolute atomic E-state index is 4.46. The van der Waals surface area contributed by atoms with Crippen LogP contribution < -0.4 is 5.32 Å². The molecule has 2 aromatic heterocycles. The average molecular weight is 235 g/mol. The largest absolute Gasteiger partial charge is 0.355 e. The maximum Gasteiger partial charge on any atom is 0.202 e. The lowest BCUT2D eigenvalue weighted by Crippen LogP contribution is -2.00. The highest BCUT2D eigenvalue weighted by Crippen LogP contribution is 2.39. The molecule has 1 fully saturated rings. The van der Waals surface area contributed by atoms with E-state index >= 15 is 0 Å². The zero-order chi connectivity index (χ0) is 11.0. The molecule has 6 heteroatoms. The summed E-state index contributed by atoms with van der Waals surface area (Å²) in [6, 6.07) is 2.00. The van der Waals surface area contributed by atoms with Gasteiger partial charge in [-0.1, -0.05) is 0 Å². The van der Waals surface area contributed by atoms with Crippen molar-refractivity contribution in [1.29, 1.82) is 0 Å². The van der Waals surface area contributed by atoms with E-state index in [9.17, 15) is 0 Å². The Bertz CT molecular complexity index is 485. The normalized spacial score (nSPS) is 15.3. The summed E-state index contributed by atoms with van der Waals surface area (Å²) < 4.78 is 6.14. The highest BCUT2D eigenvalue weighted by molar-refractivity contribution is 7.09. The topological polar surface area (TPSA) is 55.6 Å². The van der Waals surface area contributed by atoms with E-state index in [1.54, 1.807) is 4.68 Å². The van der Waals surface area contributed by atoms with Gasteiger partial charge in [0.25, 0.3) is 0 Å². The second-order valence-electron chi connectivity index (χ2n) is 4.07. The molecule has 1 aliphatic rings. The van der Waals surface area contributed by atoms with Crippen LogP contribution in [0.4, 0.5) is 5.13 Å². The Morgan fingerprint density at radius 3 is 3.12 bits per heavy atom. The van der Waals surface area contributed by atoms with Crippen LogP contribution in [0.15, 0.2) is 12.3 Å². The van der Waals surface area contributed by atoms with Gasteiger partial charge < -0.3 is 5.32 Å². The monoisotopic (exact) mass is 235 g/mol. The van der Waals surface area contributed by atoms with Gasteiger partial charge in [-0.2, -0.15) is 9.47 Å². The van der Waals surface area contributed by atoms with Crippen molar-refractivity contribution in [3.63, 3.8) is 0 Å². The molecule has 16 heavy (non-hydrogen) atoms. The third-order valence-corrected chi connectivity index (χ3v) is 3.26. The van der Waals surface area contributed by atoms with Crippen molar-refractivity contribution in [2.45, 2.75) is 25.3 Å². The number of hydrogen-bond acceptors (Lipinski definition) is 5. The molecule has 2 heterocycles. The third-order valence-electron chi connectivity index (χ3n) is 2.57. The van der Waals surface area contributed by atoms with Gasteiger partial charge in [-0.25, -0.2) is 4.98 Å². The first-order valence-electron chi connectivity index (χ1n) is 5.37. The standard InChI is InChI=1S/C10H13N5S/c1-15-5-4-8(13-15)6-11-10-12-9(14-16-10)7-2-3-7/h4-5,7H,2-3,6H2,1H3,(H,11,12,14). The van der Waals surface area contributed by atoms with Crippen LogP contribution in [-0.2, 0) is 13.6 Å². The number of hydrogen-bond donors (Lipinski definition) is 1. The van der Waals surface area contributed by atoms with Crippen LogP contribution in [0.25, 0.3) is 0 Å². The minimum atomic E-state index is 0.627. The lowest BCUT2D eigenvalue weighted by atomic mass is 10.4. The van der Waals surface area contributed by atoms with E-state index in [-0.39, 0.29) is 0 Å². The highest BCUT2D eigenvalue weighted by Gasteiger charge is 2.27. The summed E-state index contributed by atoms with van der Waals surface area (Å²) in [5.41, 5.74) is 1.02. The Morgan fingerprint density at radius 2 is 2.44 bits per heavy atom. The van der Waals surface area contributed by atoms with Gasteiger partial charge in [0, 0.05) is 30.7 Å². The van der Waals surface area contributed by atoms with Crippen LogP contribution in [0.1, 0.15) is 30.3 Å². The summed E-state index contributed by atoms with van der Waals surface area (Å²) in [5, 5.41) is 8.43. The van der Waals surface area contributed by atoms with E-state index in [0.29, 0.717) is 12.5 Å². The Hall–Kier alpha value is -1.43. The number of aryl methyl sites for hydroxylation is 1. The second kappa shape index (κ2) is 3.86. The van der Waals surface area contributed by atoms with Gasteiger partial charge in [0.2, 0.25) is 5.13 Å². The summed E-state index contributed by atoms with van der Waals surface area (Å²) >= 11 is 1.44. The smallest absolute Gasteiger partial charge is 0.202 e. The summed E-state index contributed by atoms with van der Waals surface area (Å²) in [6.45, 7) is 0.708. The number of nitrogens with zero attached hydrogens (tertiary/aromatic N) is 4. The Labute approximate surface area is 97.7 Å². The molecule has 0 atom stereocenters. The molecule has 2 aromatic rings. The molecule has 84 valence electrons. The molecule has 1 aliphatic carbocycles. The molecular weight excluding hydrogens is 222 g/mol. The van der Waals surface area contributed by atoms with E-state index in [2.05, 4.69) is 19.8 Å².